The monoisotopic (exact) mass is 777 g/mol. The Labute approximate surface area is 345 Å². The molecule has 0 aliphatic heterocycles. The van der Waals surface area contributed by atoms with E-state index in [1.165, 1.54) is 43.1 Å². The van der Waals surface area contributed by atoms with Gasteiger partial charge in [-0.2, -0.15) is 0 Å². The number of aromatic nitrogens is 1. The van der Waals surface area contributed by atoms with Gasteiger partial charge in [0.15, 0.2) is 0 Å². The fourth-order valence-corrected chi connectivity index (χ4v) is 11.1. The molecule has 2 heterocycles. The zero-order valence-electron chi connectivity index (χ0n) is 32.4. The van der Waals surface area contributed by atoms with E-state index in [0.29, 0.717) is 5.69 Å². The van der Waals surface area contributed by atoms with Gasteiger partial charge in [-0.15, -0.1) is 11.3 Å². The Hall–Kier alpha value is -7.08. The summed E-state index contributed by atoms with van der Waals surface area (Å²) in [5.74, 6) is 0.575. The van der Waals surface area contributed by atoms with Crippen LogP contribution in [0.15, 0.2) is 182 Å². The highest BCUT2D eigenvalue weighted by Crippen LogP contribution is 2.55. The molecule has 0 amide bonds. The number of para-hydroxylation sites is 1. The summed E-state index contributed by atoms with van der Waals surface area (Å²) in [6, 6.07) is 61.5. The minimum atomic E-state index is -0.273. The first kappa shape index (κ1) is 34.0. The Balaban J connectivity index is 1.14. The van der Waals surface area contributed by atoms with Crippen molar-refractivity contribution in [2.75, 3.05) is 9.80 Å². The zero-order valence-corrected chi connectivity index (χ0v) is 33.3. The van der Waals surface area contributed by atoms with Gasteiger partial charge < -0.3 is 4.90 Å². The standard InChI is InChI=1S/C54H36FN3S/c1-54(2)40-16-5-3-14-37(40)52-41(54)17-12-20-46(52)58(49-23-9-10-32-56-49)44-31-27-34-24-28-38-43(30-26-33-25-29-39(44)51(34)50(33)38)57(45-19-7-6-18-42(45)55)47-21-11-15-36-35-13-4-8-22-48(35)59-53(36)47/h3-32H,1-2H3. The van der Waals surface area contributed by atoms with Gasteiger partial charge in [0, 0.05) is 43.4 Å². The minimum Gasteiger partial charge on any atom is -0.306 e. The largest absolute Gasteiger partial charge is 0.306 e. The van der Waals surface area contributed by atoms with E-state index < -0.39 is 0 Å². The van der Waals surface area contributed by atoms with Crippen LogP contribution in [0, 0.1) is 5.82 Å². The lowest BCUT2D eigenvalue weighted by molar-refractivity contribution is 0.629. The summed E-state index contributed by atoms with van der Waals surface area (Å²) in [5, 5.41) is 9.15. The fourth-order valence-electron chi connectivity index (χ4n) is 9.88. The van der Waals surface area contributed by atoms with E-state index in [9.17, 15) is 0 Å². The molecule has 0 unspecified atom stereocenters. The Bertz CT molecular complexity index is 3460. The van der Waals surface area contributed by atoms with Crippen LogP contribution < -0.4 is 9.80 Å². The van der Waals surface area contributed by atoms with E-state index in [4.69, 9.17) is 4.98 Å². The average molecular weight is 778 g/mol. The fraction of sp³-hybridized carbons (Fsp3) is 0.0556. The molecule has 59 heavy (non-hydrogen) atoms. The lowest BCUT2D eigenvalue weighted by Crippen LogP contribution is -2.16. The van der Waals surface area contributed by atoms with E-state index in [1.807, 2.05) is 24.4 Å². The third-order valence-electron chi connectivity index (χ3n) is 12.5. The van der Waals surface area contributed by atoms with Crippen molar-refractivity contribution in [3.63, 3.8) is 0 Å². The molecule has 5 heteroatoms. The van der Waals surface area contributed by atoms with Crippen molar-refractivity contribution in [1.82, 2.24) is 4.98 Å². The molecule has 12 rings (SSSR count). The molecule has 0 fully saturated rings. The lowest BCUT2D eigenvalue weighted by atomic mass is 9.82. The number of halogens is 1. The molecular weight excluding hydrogens is 742 g/mol. The van der Waals surface area contributed by atoms with Crippen LogP contribution in [0.1, 0.15) is 25.0 Å². The van der Waals surface area contributed by atoms with Gasteiger partial charge >= 0.3 is 0 Å². The number of nitrogens with zero attached hydrogens (tertiary/aromatic N) is 3. The van der Waals surface area contributed by atoms with Crippen molar-refractivity contribution in [3.05, 3.63) is 199 Å². The summed E-state index contributed by atoms with van der Waals surface area (Å²) in [4.78, 5) is 9.47. The second-order valence-electron chi connectivity index (χ2n) is 16.0. The minimum absolute atomic E-state index is 0.152. The predicted molar refractivity (Wildman–Crippen MR) is 248 cm³/mol. The molecular formula is C54H36FN3S. The SMILES string of the molecule is CC1(C)c2ccccc2-c2c(N(c3ccccn3)c3ccc4ccc5c(N(c6ccccc6F)c6cccc7c6sc6ccccc67)ccc6ccc3c4c65)cccc21. The Morgan fingerprint density at radius 2 is 1.08 bits per heavy atom. The van der Waals surface area contributed by atoms with Crippen LogP contribution in [-0.2, 0) is 5.41 Å². The van der Waals surface area contributed by atoms with Crippen LogP contribution in [0.3, 0.4) is 0 Å². The Kier molecular flexibility index (Phi) is 7.33. The first-order valence-electron chi connectivity index (χ1n) is 20.1. The van der Waals surface area contributed by atoms with Crippen LogP contribution in [0.2, 0.25) is 0 Å². The molecule has 0 radical (unpaired) electrons. The molecule has 11 aromatic rings. The van der Waals surface area contributed by atoms with Crippen LogP contribution >= 0.6 is 11.3 Å². The predicted octanol–water partition coefficient (Wildman–Crippen LogP) is 15.7. The molecule has 3 nitrogen and oxygen atoms in total. The maximum atomic E-state index is 16.3. The zero-order chi connectivity index (χ0) is 39.4. The summed E-state index contributed by atoms with van der Waals surface area (Å²) in [5.41, 5.74) is 9.51. The molecule has 9 aromatic carbocycles. The van der Waals surface area contributed by atoms with Gasteiger partial charge in [-0.3, -0.25) is 4.90 Å². The molecule has 0 N–H and O–H groups in total. The van der Waals surface area contributed by atoms with Crippen LogP contribution in [0.5, 0.6) is 0 Å². The lowest BCUT2D eigenvalue weighted by Gasteiger charge is -2.30. The molecule has 2 aromatic heterocycles. The van der Waals surface area contributed by atoms with Crippen molar-refractivity contribution < 1.29 is 4.39 Å². The van der Waals surface area contributed by atoms with Crippen molar-refractivity contribution >= 4 is 98.1 Å². The maximum absolute atomic E-state index is 16.3. The third kappa shape index (κ3) is 4.89. The van der Waals surface area contributed by atoms with Crippen molar-refractivity contribution in [1.29, 1.82) is 0 Å². The molecule has 0 spiro atoms. The van der Waals surface area contributed by atoms with Gasteiger partial charge in [-0.1, -0.05) is 135 Å². The van der Waals surface area contributed by atoms with Crippen LogP contribution in [0.4, 0.5) is 38.6 Å². The number of rotatable bonds is 6. The van der Waals surface area contributed by atoms with Gasteiger partial charge in [-0.25, -0.2) is 9.37 Å². The molecule has 0 bridgehead atoms. The van der Waals surface area contributed by atoms with Gasteiger partial charge in [0.05, 0.1) is 33.1 Å². The highest BCUT2D eigenvalue weighted by Gasteiger charge is 2.38. The van der Waals surface area contributed by atoms with E-state index in [-0.39, 0.29) is 11.2 Å². The molecule has 0 atom stereocenters. The molecule has 280 valence electrons. The van der Waals surface area contributed by atoms with Crippen LogP contribution in [-0.4, -0.2) is 4.98 Å². The number of thiophene rings is 1. The quantitative estimate of drug-likeness (QED) is 0.157. The third-order valence-corrected chi connectivity index (χ3v) is 13.7. The van der Waals surface area contributed by atoms with Crippen molar-refractivity contribution in [3.8, 4) is 11.1 Å². The molecule has 0 saturated heterocycles. The second-order valence-corrected chi connectivity index (χ2v) is 17.1. The van der Waals surface area contributed by atoms with E-state index in [2.05, 4.69) is 169 Å². The topological polar surface area (TPSA) is 19.4 Å². The summed E-state index contributed by atoms with van der Waals surface area (Å²) in [6.07, 6.45) is 1.88. The van der Waals surface area contributed by atoms with Crippen molar-refractivity contribution in [2.45, 2.75) is 19.3 Å². The van der Waals surface area contributed by atoms with Gasteiger partial charge in [0.2, 0.25) is 0 Å². The first-order chi connectivity index (χ1) is 29.0. The number of benzene rings is 9. The van der Waals surface area contributed by atoms with Gasteiger partial charge in [0.25, 0.3) is 0 Å². The number of hydrogen-bond acceptors (Lipinski definition) is 4. The second kappa shape index (κ2) is 12.7. The average Bonchev–Trinajstić information content (AvgIpc) is 3.77. The normalized spacial score (nSPS) is 13.1. The smallest absolute Gasteiger partial charge is 0.147 e. The highest BCUT2D eigenvalue weighted by atomic mass is 32.1. The summed E-state index contributed by atoms with van der Waals surface area (Å²) < 4.78 is 18.6. The van der Waals surface area contributed by atoms with E-state index in [0.717, 1.165) is 60.2 Å². The number of hydrogen-bond donors (Lipinski definition) is 0. The summed E-state index contributed by atoms with van der Waals surface area (Å²) in [7, 11) is 0. The highest BCUT2D eigenvalue weighted by molar-refractivity contribution is 7.26. The number of fused-ring (bicyclic) bond motifs is 6. The van der Waals surface area contributed by atoms with E-state index >= 15 is 4.39 Å². The maximum Gasteiger partial charge on any atom is 0.147 e. The summed E-state index contributed by atoms with van der Waals surface area (Å²) in [6.45, 7) is 4.65. The number of anilines is 6. The number of pyridine rings is 1. The first-order valence-corrected chi connectivity index (χ1v) is 20.9. The van der Waals surface area contributed by atoms with Crippen LogP contribution in [0.25, 0.3) is 63.6 Å². The molecule has 1 aliphatic rings. The van der Waals surface area contributed by atoms with Gasteiger partial charge in [0.1, 0.15) is 11.6 Å². The Morgan fingerprint density at radius 1 is 0.475 bits per heavy atom. The molecule has 1 aliphatic carbocycles. The van der Waals surface area contributed by atoms with E-state index in [1.54, 1.807) is 23.5 Å². The Morgan fingerprint density at radius 3 is 1.86 bits per heavy atom. The van der Waals surface area contributed by atoms with Crippen molar-refractivity contribution in [2.24, 2.45) is 0 Å². The van der Waals surface area contributed by atoms with Gasteiger partial charge in [-0.05, 0) is 92.8 Å². The molecule has 0 saturated carbocycles. The summed E-state index contributed by atoms with van der Waals surface area (Å²) >= 11 is 1.75.